The molecule has 1 fully saturated rings. The third-order valence-electron chi connectivity index (χ3n) is 4.53. The van der Waals surface area contributed by atoms with Crippen LogP contribution in [0.25, 0.3) is 0 Å². The molecule has 2 aliphatic rings. The lowest BCUT2D eigenvalue weighted by atomic mass is 9.98. The van der Waals surface area contributed by atoms with E-state index in [1.165, 1.54) is 27.5 Å². The highest BCUT2D eigenvalue weighted by atomic mass is 32.2. The monoisotopic (exact) mass is 327 g/mol. The van der Waals surface area contributed by atoms with Gasteiger partial charge in [0.25, 0.3) is 5.56 Å². The number of carboxylic acids is 1. The van der Waals surface area contributed by atoms with Crippen molar-refractivity contribution in [2.75, 3.05) is 5.75 Å². The van der Waals surface area contributed by atoms with Crippen LogP contribution in [0.5, 0.6) is 0 Å². The lowest BCUT2D eigenvalue weighted by molar-refractivity contribution is -0.140. The molecule has 0 radical (unpaired) electrons. The summed E-state index contributed by atoms with van der Waals surface area (Å²) < 4.78 is 1.50. The van der Waals surface area contributed by atoms with Gasteiger partial charge >= 0.3 is 5.97 Å². The predicted octanol–water partition coefficient (Wildman–Crippen LogP) is 3.05. The largest absolute Gasteiger partial charge is 0.480 e. The molecule has 2 aromatic rings. The van der Waals surface area contributed by atoms with Crippen molar-refractivity contribution >= 4 is 17.7 Å². The second-order valence-corrected chi connectivity index (χ2v) is 7.21. The highest BCUT2D eigenvalue weighted by molar-refractivity contribution is 7.99. The second kappa shape index (κ2) is 5.57. The van der Waals surface area contributed by atoms with Crippen LogP contribution in [-0.2, 0) is 11.2 Å². The SMILES string of the molecule is O=C(O)C1CSc2c(C3CC3)c(Cc3ccccc3)cc(=O)n21. The fourth-order valence-corrected chi connectivity index (χ4v) is 4.71. The molecule has 0 bridgehead atoms. The number of hydrogen-bond acceptors (Lipinski definition) is 3. The number of rotatable bonds is 4. The minimum absolute atomic E-state index is 0.187. The molecule has 1 atom stereocenters. The van der Waals surface area contributed by atoms with Crippen molar-refractivity contribution in [2.24, 2.45) is 0 Å². The summed E-state index contributed by atoms with van der Waals surface area (Å²) in [5, 5.41) is 10.2. The summed E-state index contributed by atoms with van der Waals surface area (Å²) in [5.41, 5.74) is 3.26. The summed E-state index contributed by atoms with van der Waals surface area (Å²) in [5.74, 6) is 0.00512. The van der Waals surface area contributed by atoms with Gasteiger partial charge in [0.1, 0.15) is 6.04 Å². The Hall–Kier alpha value is -2.01. The van der Waals surface area contributed by atoms with E-state index in [-0.39, 0.29) is 5.56 Å². The lowest BCUT2D eigenvalue weighted by Crippen LogP contribution is -2.29. The number of aromatic nitrogens is 1. The van der Waals surface area contributed by atoms with Crippen LogP contribution < -0.4 is 5.56 Å². The molecule has 1 unspecified atom stereocenters. The smallest absolute Gasteiger partial charge is 0.327 e. The fourth-order valence-electron chi connectivity index (χ4n) is 3.29. The molecule has 0 spiro atoms. The van der Waals surface area contributed by atoms with Crippen LogP contribution in [0.4, 0.5) is 0 Å². The first-order valence-electron chi connectivity index (χ1n) is 7.83. The van der Waals surface area contributed by atoms with E-state index >= 15 is 0 Å². The quantitative estimate of drug-likeness (QED) is 0.938. The molecule has 118 valence electrons. The summed E-state index contributed by atoms with van der Waals surface area (Å²) in [6, 6.07) is 11.0. The molecule has 1 saturated carbocycles. The summed E-state index contributed by atoms with van der Waals surface area (Å²) in [6.07, 6.45) is 2.99. The summed E-state index contributed by atoms with van der Waals surface area (Å²) in [7, 11) is 0. The van der Waals surface area contributed by atoms with E-state index in [0.29, 0.717) is 11.7 Å². The molecule has 4 rings (SSSR count). The number of nitrogens with zero attached hydrogens (tertiary/aromatic N) is 1. The first-order valence-corrected chi connectivity index (χ1v) is 8.81. The zero-order chi connectivity index (χ0) is 16.0. The number of fused-ring (bicyclic) bond motifs is 1. The van der Waals surface area contributed by atoms with Gasteiger partial charge in [-0.2, -0.15) is 0 Å². The molecule has 1 aliphatic carbocycles. The van der Waals surface area contributed by atoms with Gasteiger partial charge in [0.05, 0.1) is 5.03 Å². The first-order chi connectivity index (χ1) is 11.1. The Balaban J connectivity index is 1.83. The van der Waals surface area contributed by atoms with E-state index in [9.17, 15) is 14.7 Å². The maximum Gasteiger partial charge on any atom is 0.327 e. The molecule has 0 amide bonds. The summed E-state index contributed by atoms with van der Waals surface area (Å²) in [4.78, 5) is 23.9. The van der Waals surface area contributed by atoms with Crippen LogP contribution in [0.1, 0.15) is 41.5 Å². The van der Waals surface area contributed by atoms with Crippen molar-refractivity contribution in [3.63, 3.8) is 0 Å². The molecule has 1 aromatic carbocycles. The van der Waals surface area contributed by atoms with E-state index in [1.54, 1.807) is 6.07 Å². The Kier molecular flexibility index (Phi) is 3.53. The van der Waals surface area contributed by atoms with Crippen molar-refractivity contribution in [3.8, 4) is 0 Å². The van der Waals surface area contributed by atoms with Gasteiger partial charge < -0.3 is 5.11 Å². The maximum atomic E-state index is 12.5. The molecule has 1 aromatic heterocycles. The van der Waals surface area contributed by atoms with Crippen LogP contribution in [0.2, 0.25) is 0 Å². The normalized spacial score (nSPS) is 19.6. The van der Waals surface area contributed by atoms with Gasteiger partial charge in [-0.05, 0) is 41.9 Å². The van der Waals surface area contributed by atoms with E-state index in [2.05, 4.69) is 12.1 Å². The van der Waals surface area contributed by atoms with Crippen LogP contribution in [0, 0.1) is 0 Å². The highest BCUT2D eigenvalue weighted by Crippen LogP contribution is 2.48. The van der Waals surface area contributed by atoms with E-state index < -0.39 is 12.0 Å². The zero-order valence-electron chi connectivity index (χ0n) is 12.6. The van der Waals surface area contributed by atoms with Crippen molar-refractivity contribution in [3.05, 3.63) is 63.4 Å². The van der Waals surface area contributed by atoms with Gasteiger partial charge in [-0.15, -0.1) is 11.8 Å². The molecule has 2 heterocycles. The Morgan fingerprint density at radius 2 is 2.00 bits per heavy atom. The molecule has 4 nitrogen and oxygen atoms in total. The minimum atomic E-state index is -0.920. The number of carboxylic acid groups (broad SMARTS) is 1. The molecular weight excluding hydrogens is 310 g/mol. The van der Waals surface area contributed by atoms with Gasteiger partial charge in [-0.1, -0.05) is 30.3 Å². The first kappa shape index (κ1) is 14.6. The second-order valence-electron chi connectivity index (χ2n) is 6.20. The Morgan fingerprint density at radius 1 is 1.26 bits per heavy atom. The molecule has 1 aliphatic heterocycles. The molecular formula is C18H17NO3S. The lowest BCUT2D eigenvalue weighted by Gasteiger charge is -2.16. The van der Waals surface area contributed by atoms with Crippen molar-refractivity contribution in [2.45, 2.75) is 36.2 Å². The van der Waals surface area contributed by atoms with Gasteiger partial charge in [0.2, 0.25) is 0 Å². The van der Waals surface area contributed by atoms with E-state index in [1.807, 2.05) is 18.2 Å². The number of pyridine rings is 1. The summed E-state index contributed by atoms with van der Waals surface area (Å²) in [6.45, 7) is 0. The average Bonchev–Trinajstić information content (AvgIpc) is 3.25. The van der Waals surface area contributed by atoms with Gasteiger partial charge in [-0.3, -0.25) is 9.36 Å². The predicted molar refractivity (Wildman–Crippen MR) is 89.3 cm³/mol. The Labute approximate surface area is 138 Å². The fraction of sp³-hybridized carbons (Fsp3) is 0.333. The van der Waals surface area contributed by atoms with Crippen molar-refractivity contribution < 1.29 is 9.90 Å². The van der Waals surface area contributed by atoms with Crippen LogP contribution in [0.3, 0.4) is 0 Å². The summed E-state index contributed by atoms with van der Waals surface area (Å²) >= 11 is 1.52. The number of thioether (sulfide) groups is 1. The minimum Gasteiger partial charge on any atom is -0.480 e. The molecule has 5 heteroatoms. The van der Waals surface area contributed by atoms with Crippen LogP contribution in [0.15, 0.2) is 46.2 Å². The third kappa shape index (κ3) is 2.59. The van der Waals surface area contributed by atoms with Crippen molar-refractivity contribution in [1.29, 1.82) is 0 Å². The maximum absolute atomic E-state index is 12.5. The topological polar surface area (TPSA) is 59.3 Å². The molecule has 0 saturated heterocycles. The highest BCUT2D eigenvalue weighted by Gasteiger charge is 2.37. The average molecular weight is 327 g/mol. The third-order valence-corrected chi connectivity index (χ3v) is 5.70. The zero-order valence-corrected chi connectivity index (χ0v) is 13.4. The standard InChI is InChI=1S/C18H17NO3S/c20-15-9-13(8-11-4-2-1-3-5-11)16(12-6-7-12)17-19(15)14(10-23-17)18(21)22/h1-5,9,12,14H,6-8,10H2,(H,21,22). The molecule has 1 N–H and O–H groups in total. The van der Waals surface area contributed by atoms with E-state index in [0.717, 1.165) is 29.9 Å². The van der Waals surface area contributed by atoms with Crippen LogP contribution >= 0.6 is 11.8 Å². The number of aliphatic carboxylic acids is 1. The Morgan fingerprint density at radius 3 is 2.65 bits per heavy atom. The van der Waals surface area contributed by atoms with Gasteiger partial charge in [0, 0.05) is 11.8 Å². The number of hydrogen-bond donors (Lipinski definition) is 1. The number of carbonyl (C=O) groups is 1. The number of benzene rings is 1. The van der Waals surface area contributed by atoms with E-state index in [4.69, 9.17) is 0 Å². The van der Waals surface area contributed by atoms with Gasteiger partial charge in [-0.25, -0.2) is 4.79 Å². The Bertz CT molecular complexity index is 824. The van der Waals surface area contributed by atoms with Gasteiger partial charge in [0.15, 0.2) is 0 Å². The molecule has 23 heavy (non-hydrogen) atoms. The van der Waals surface area contributed by atoms with Crippen molar-refractivity contribution in [1.82, 2.24) is 4.57 Å². The van der Waals surface area contributed by atoms with Crippen LogP contribution in [-0.4, -0.2) is 21.4 Å².